The molecule has 80 valence electrons. The molecule has 0 aliphatic rings. The van der Waals surface area contributed by atoms with Crippen LogP contribution in [0.15, 0.2) is 36.9 Å². The van der Waals surface area contributed by atoms with Crippen molar-refractivity contribution in [2.45, 2.75) is 13.3 Å². The van der Waals surface area contributed by atoms with Gasteiger partial charge in [0.1, 0.15) is 0 Å². The van der Waals surface area contributed by atoms with Gasteiger partial charge in [-0.3, -0.25) is 0 Å². The molecule has 1 rings (SSSR count). The Balaban J connectivity index is 2.49. The SMILES string of the molecule is C=CCNC(=S)Nc1ccc(CC)cc1. The topological polar surface area (TPSA) is 24.1 Å². The summed E-state index contributed by atoms with van der Waals surface area (Å²) in [5.74, 6) is 0. The summed E-state index contributed by atoms with van der Waals surface area (Å²) in [7, 11) is 0. The van der Waals surface area contributed by atoms with Crippen molar-refractivity contribution in [3.63, 3.8) is 0 Å². The molecular weight excluding hydrogens is 204 g/mol. The first-order valence-corrected chi connectivity index (χ1v) is 5.41. The summed E-state index contributed by atoms with van der Waals surface area (Å²) in [5, 5.41) is 6.74. The molecule has 0 bridgehead atoms. The molecule has 0 heterocycles. The Bertz CT molecular complexity index is 330. The molecule has 15 heavy (non-hydrogen) atoms. The minimum absolute atomic E-state index is 0.624. The van der Waals surface area contributed by atoms with Crippen LogP contribution >= 0.6 is 12.2 Å². The summed E-state index contributed by atoms with van der Waals surface area (Å²) in [6.07, 6.45) is 2.83. The van der Waals surface area contributed by atoms with E-state index in [4.69, 9.17) is 12.2 Å². The average molecular weight is 220 g/mol. The Labute approximate surface area is 96.4 Å². The molecule has 0 aliphatic carbocycles. The molecule has 0 spiro atoms. The van der Waals surface area contributed by atoms with Crippen LogP contribution in [0.3, 0.4) is 0 Å². The van der Waals surface area contributed by atoms with E-state index in [1.165, 1.54) is 5.56 Å². The summed E-state index contributed by atoms with van der Waals surface area (Å²) in [6.45, 7) is 6.43. The van der Waals surface area contributed by atoms with Crippen molar-refractivity contribution in [2.24, 2.45) is 0 Å². The van der Waals surface area contributed by atoms with Crippen molar-refractivity contribution in [3.05, 3.63) is 42.5 Å². The number of anilines is 1. The molecule has 0 amide bonds. The van der Waals surface area contributed by atoms with Gasteiger partial charge in [0, 0.05) is 12.2 Å². The normalized spacial score (nSPS) is 9.40. The molecule has 3 heteroatoms. The molecule has 0 saturated carbocycles. The van der Waals surface area contributed by atoms with Crippen LogP contribution in [0.4, 0.5) is 5.69 Å². The number of nitrogens with one attached hydrogen (secondary N) is 2. The van der Waals surface area contributed by atoms with E-state index in [1.807, 2.05) is 12.1 Å². The van der Waals surface area contributed by atoms with Crippen LogP contribution in [0.5, 0.6) is 0 Å². The quantitative estimate of drug-likeness (QED) is 0.602. The molecule has 1 aromatic rings. The first kappa shape index (κ1) is 11.7. The van der Waals surface area contributed by atoms with E-state index in [-0.39, 0.29) is 0 Å². The lowest BCUT2D eigenvalue weighted by molar-refractivity contribution is 1.06. The van der Waals surface area contributed by atoms with Crippen molar-refractivity contribution in [1.29, 1.82) is 0 Å². The number of thiocarbonyl (C=S) groups is 1. The van der Waals surface area contributed by atoms with Gasteiger partial charge in [0.05, 0.1) is 0 Å². The second kappa shape index (κ2) is 6.19. The average Bonchev–Trinajstić information content (AvgIpc) is 2.27. The van der Waals surface area contributed by atoms with Crippen LogP contribution in [0.1, 0.15) is 12.5 Å². The fourth-order valence-corrected chi connectivity index (χ4v) is 1.37. The highest BCUT2D eigenvalue weighted by Crippen LogP contribution is 2.09. The second-order valence-electron chi connectivity index (χ2n) is 3.17. The molecule has 0 aliphatic heterocycles. The number of hydrogen-bond donors (Lipinski definition) is 2. The van der Waals surface area contributed by atoms with Crippen LogP contribution in [0.2, 0.25) is 0 Å². The maximum atomic E-state index is 5.09. The third kappa shape index (κ3) is 4.13. The van der Waals surface area contributed by atoms with Crippen molar-refractivity contribution in [1.82, 2.24) is 5.32 Å². The van der Waals surface area contributed by atoms with Gasteiger partial charge in [-0.1, -0.05) is 25.1 Å². The van der Waals surface area contributed by atoms with Crippen LogP contribution in [0.25, 0.3) is 0 Å². The third-order valence-electron chi connectivity index (χ3n) is 2.03. The van der Waals surface area contributed by atoms with E-state index in [0.717, 1.165) is 12.1 Å². The lowest BCUT2D eigenvalue weighted by Gasteiger charge is -2.09. The standard InChI is InChI=1S/C12H16N2S/c1-3-9-13-12(15)14-11-7-5-10(4-2)6-8-11/h3,5-8H,1,4,9H2,2H3,(H2,13,14,15). The van der Waals surface area contributed by atoms with Gasteiger partial charge in [0.15, 0.2) is 5.11 Å². The molecule has 1 aromatic carbocycles. The van der Waals surface area contributed by atoms with Gasteiger partial charge in [-0.15, -0.1) is 6.58 Å². The summed E-state index contributed by atoms with van der Waals surface area (Å²) in [5.41, 5.74) is 2.33. The van der Waals surface area contributed by atoms with Gasteiger partial charge in [-0.25, -0.2) is 0 Å². The summed E-state index contributed by atoms with van der Waals surface area (Å²) < 4.78 is 0. The minimum Gasteiger partial charge on any atom is -0.359 e. The van der Waals surface area contributed by atoms with Gasteiger partial charge >= 0.3 is 0 Å². The molecular formula is C12H16N2S. The minimum atomic E-state index is 0.624. The van der Waals surface area contributed by atoms with E-state index in [9.17, 15) is 0 Å². The van der Waals surface area contributed by atoms with Gasteiger partial charge in [-0.2, -0.15) is 0 Å². The number of rotatable bonds is 4. The van der Waals surface area contributed by atoms with E-state index >= 15 is 0 Å². The van der Waals surface area contributed by atoms with E-state index in [0.29, 0.717) is 11.7 Å². The molecule has 0 fully saturated rings. The molecule has 0 radical (unpaired) electrons. The van der Waals surface area contributed by atoms with Crippen LogP contribution in [0, 0.1) is 0 Å². The van der Waals surface area contributed by atoms with Gasteiger partial charge in [0.25, 0.3) is 0 Å². The highest BCUT2D eigenvalue weighted by atomic mass is 32.1. The third-order valence-corrected chi connectivity index (χ3v) is 2.27. The number of aryl methyl sites for hydroxylation is 1. The van der Waals surface area contributed by atoms with E-state index in [1.54, 1.807) is 6.08 Å². The van der Waals surface area contributed by atoms with E-state index < -0.39 is 0 Å². The smallest absolute Gasteiger partial charge is 0.171 e. The van der Waals surface area contributed by atoms with Gasteiger partial charge < -0.3 is 10.6 Å². The highest BCUT2D eigenvalue weighted by Gasteiger charge is 1.95. The summed E-state index contributed by atoms with van der Waals surface area (Å²) in [6, 6.07) is 8.25. The first-order valence-electron chi connectivity index (χ1n) is 5.01. The fraction of sp³-hybridized carbons (Fsp3) is 0.250. The summed E-state index contributed by atoms with van der Waals surface area (Å²) in [4.78, 5) is 0. The molecule has 0 aromatic heterocycles. The zero-order valence-corrected chi connectivity index (χ0v) is 9.73. The molecule has 2 N–H and O–H groups in total. The highest BCUT2D eigenvalue weighted by molar-refractivity contribution is 7.80. The van der Waals surface area contributed by atoms with Gasteiger partial charge in [-0.05, 0) is 36.3 Å². The fourth-order valence-electron chi connectivity index (χ4n) is 1.16. The zero-order valence-electron chi connectivity index (χ0n) is 8.92. The van der Waals surface area contributed by atoms with Crippen LogP contribution in [-0.4, -0.2) is 11.7 Å². The Morgan fingerprint density at radius 3 is 2.60 bits per heavy atom. The van der Waals surface area contributed by atoms with Crippen molar-refractivity contribution < 1.29 is 0 Å². The predicted molar refractivity (Wildman–Crippen MR) is 70.2 cm³/mol. The second-order valence-corrected chi connectivity index (χ2v) is 3.58. The first-order chi connectivity index (χ1) is 7.26. The lowest BCUT2D eigenvalue weighted by atomic mass is 10.1. The van der Waals surface area contributed by atoms with E-state index in [2.05, 4.69) is 36.3 Å². The van der Waals surface area contributed by atoms with Gasteiger partial charge in [0.2, 0.25) is 0 Å². The predicted octanol–water partition coefficient (Wildman–Crippen LogP) is 2.72. The monoisotopic (exact) mass is 220 g/mol. The van der Waals surface area contributed by atoms with Crippen molar-refractivity contribution in [2.75, 3.05) is 11.9 Å². The lowest BCUT2D eigenvalue weighted by Crippen LogP contribution is -2.28. The molecule has 0 saturated heterocycles. The Hall–Kier alpha value is -1.35. The molecule has 0 unspecified atom stereocenters. The van der Waals surface area contributed by atoms with Crippen molar-refractivity contribution in [3.8, 4) is 0 Å². The zero-order chi connectivity index (χ0) is 11.1. The Morgan fingerprint density at radius 1 is 1.40 bits per heavy atom. The maximum Gasteiger partial charge on any atom is 0.171 e. The Morgan fingerprint density at radius 2 is 2.07 bits per heavy atom. The Kier molecular flexibility index (Phi) is 4.84. The van der Waals surface area contributed by atoms with Crippen molar-refractivity contribution >= 4 is 23.0 Å². The van der Waals surface area contributed by atoms with Crippen LogP contribution in [-0.2, 0) is 6.42 Å². The maximum absolute atomic E-state index is 5.09. The summed E-state index contributed by atoms with van der Waals surface area (Å²) >= 11 is 5.09. The van der Waals surface area contributed by atoms with Crippen LogP contribution < -0.4 is 10.6 Å². The number of benzene rings is 1. The number of hydrogen-bond acceptors (Lipinski definition) is 1. The molecule has 2 nitrogen and oxygen atoms in total. The largest absolute Gasteiger partial charge is 0.359 e. The molecule has 0 atom stereocenters.